The van der Waals surface area contributed by atoms with Crippen LogP contribution in [0.5, 0.6) is 0 Å². The molecule has 0 bridgehead atoms. The van der Waals surface area contributed by atoms with Crippen molar-refractivity contribution in [2.75, 3.05) is 0 Å². The van der Waals surface area contributed by atoms with Crippen molar-refractivity contribution in [2.45, 2.75) is 45.2 Å². The average molecular weight is 325 g/mol. The summed E-state index contributed by atoms with van der Waals surface area (Å²) in [6.45, 7) is 3.49. The maximum atomic E-state index is 12.4. The van der Waals surface area contributed by atoms with Crippen LogP contribution in [0.1, 0.15) is 37.2 Å². The number of benzene rings is 1. The quantitative estimate of drug-likeness (QED) is 0.869. The Kier molecular flexibility index (Phi) is 3.19. The van der Waals surface area contributed by atoms with Crippen LogP contribution in [0.3, 0.4) is 0 Å². The summed E-state index contributed by atoms with van der Waals surface area (Å²) in [5, 5.41) is 6.95. The molecule has 1 aromatic heterocycles. The van der Waals surface area contributed by atoms with E-state index < -0.39 is 11.6 Å². The van der Waals surface area contributed by atoms with E-state index in [9.17, 15) is 9.59 Å². The molecule has 1 N–H and O–H groups in total. The zero-order chi connectivity index (χ0) is 16.9. The first-order valence-electron chi connectivity index (χ1n) is 8.11. The molecule has 0 unspecified atom stereocenters. The molecule has 0 atom stereocenters. The van der Waals surface area contributed by atoms with Crippen molar-refractivity contribution in [2.24, 2.45) is 0 Å². The second-order valence-electron chi connectivity index (χ2n) is 6.84. The van der Waals surface area contributed by atoms with Crippen LogP contribution in [0.4, 0.5) is 4.79 Å². The van der Waals surface area contributed by atoms with Crippen molar-refractivity contribution in [3.8, 4) is 5.69 Å². The molecule has 1 aliphatic carbocycles. The van der Waals surface area contributed by atoms with Crippen molar-refractivity contribution in [1.82, 2.24) is 25.0 Å². The van der Waals surface area contributed by atoms with Gasteiger partial charge in [-0.25, -0.2) is 14.5 Å². The second kappa shape index (κ2) is 5.15. The van der Waals surface area contributed by atoms with Crippen LogP contribution in [0, 0.1) is 0 Å². The summed E-state index contributed by atoms with van der Waals surface area (Å²) < 4.78 is 1.70. The monoisotopic (exact) mass is 325 g/mol. The number of carbonyl (C=O) groups is 2. The Bertz CT molecular complexity index is 839. The van der Waals surface area contributed by atoms with E-state index in [1.807, 2.05) is 6.07 Å². The third-order valence-electron chi connectivity index (χ3n) is 4.69. The molecule has 2 aromatic rings. The number of fused-ring (bicyclic) bond motifs is 1. The Labute approximate surface area is 139 Å². The first-order valence-corrected chi connectivity index (χ1v) is 8.11. The van der Waals surface area contributed by atoms with Gasteiger partial charge in [-0.2, -0.15) is 5.10 Å². The minimum atomic E-state index is -0.879. The molecule has 3 amide bonds. The minimum Gasteiger partial charge on any atom is -0.324 e. The van der Waals surface area contributed by atoms with Crippen LogP contribution in [-0.2, 0) is 24.2 Å². The van der Waals surface area contributed by atoms with Crippen molar-refractivity contribution in [3.05, 3.63) is 41.5 Å². The summed E-state index contributed by atoms with van der Waals surface area (Å²) in [7, 11) is 0. The molecule has 2 heterocycles. The lowest BCUT2D eigenvalue weighted by Crippen LogP contribution is -2.40. The predicted octanol–water partition coefficient (Wildman–Crippen LogP) is 1.59. The molecule has 1 saturated heterocycles. The molecule has 1 aromatic carbocycles. The topological polar surface area (TPSA) is 80.1 Å². The lowest BCUT2D eigenvalue weighted by atomic mass is 10.1. The van der Waals surface area contributed by atoms with Crippen molar-refractivity contribution >= 4 is 11.9 Å². The highest BCUT2D eigenvalue weighted by Crippen LogP contribution is 2.25. The van der Waals surface area contributed by atoms with Gasteiger partial charge < -0.3 is 5.32 Å². The smallest absolute Gasteiger partial charge is 0.324 e. The molecule has 124 valence electrons. The van der Waals surface area contributed by atoms with E-state index in [1.54, 1.807) is 18.5 Å². The van der Waals surface area contributed by atoms with Gasteiger partial charge in [-0.15, -0.1) is 0 Å². The van der Waals surface area contributed by atoms with Gasteiger partial charge in [0.05, 0.1) is 12.2 Å². The van der Waals surface area contributed by atoms with E-state index in [1.165, 1.54) is 28.8 Å². The number of carbonyl (C=O) groups excluding carboxylic acids is 2. The molecule has 4 rings (SSSR count). The molecule has 7 nitrogen and oxygen atoms in total. The summed E-state index contributed by atoms with van der Waals surface area (Å²) in [5.74, 6) is 0.310. The Morgan fingerprint density at radius 3 is 2.75 bits per heavy atom. The molecule has 0 spiro atoms. The van der Waals surface area contributed by atoms with E-state index in [-0.39, 0.29) is 12.5 Å². The first kappa shape index (κ1) is 14.9. The van der Waals surface area contributed by atoms with Gasteiger partial charge in [-0.05, 0) is 56.4 Å². The van der Waals surface area contributed by atoms with Crippen molar-refractivity contribution in [1.29, 1.82) is 0 Å². The van der Waals surface area contributed by atoms with E-state index >= 15 is 0 Å². The number of aromatic nitrogens is 3. The van der Waals surface area contributed by atoms with Gasteiger partial charge in [0.2, 0.25) is 0 Å². The lowest BCUT2D eigenvalue weighted by Gasteiger charge is -2.16. The highest BCUT2D eigenvalue weighted by molar-refractivity contribution is 6.06. The second-order valence-corrected chi connectivity index (χ2v) is 6.84. The van der Waals surface area contributed by atoms with Crippen LogP contribution < -0.4 is 5.32 Å². The molecule has 2 aliphatic rings. The summed E-state index contributed by atoms with van der Waals surface area (Å²) in [6.07, 6.45) is 4.83. The number of nitrogens with zero attached hydrogens (tertiary/aromatic N) is 4. The van der Waals surface area contributed by atoms with Gasteiger partial charge in [0.15, 0.2) is 5.82 Å². The third-order valence-corrected chi connectivity index (χ3v) is 4.69. The van der Waals surface area contributed by atoms with Crippen molar-refractivity contribution < 1.29 is 9.59 Å². The van der Waals surface area contributed by atoms with Crippen LogP contribution in [0.15, 0.2) is 24.5 Å². The molecule has 0 radical (unpaired) electrons. The van der Waals surface area contributed by atoms with Crippen molar-refractivity contribution in [3.63, 3.8) is 0 Å². The summed E-state index contributed by atoms with van der Waals surface area (Å²) in [6, 6.07) is 5.86. The molecule has 7 heteroatoms. The van der Waals surface area contributed by atoms with Crippen LogP contribution in [0.25, 0.3) is 5.69 Å². The highest BCUT2D eigenvalue weighted by atomic mass is 16.2. The zero-order valence-electron chi connectivity index (χ0n) is 13.7. The number of aryl methyl sites for hydroxylation is 2. The molecule has 1 fully saturated rings. The summed E-state index contributed by atoms with van der Waals surface area (Å²) in [4.78, 5) is 29.8. The Morgan fingerprint density at radius 2 is 2.00 bits per heavy atom. The Balaban J connectivity index is 1.64. The van der Waals surface area contributed by atoms with Crippen LogP contribution in [-0.4, -0.2) is 37.1 Å². The number of urea groups is 1. The predicted molar refractivity (Wildman–Crippen MR) is 86.5 cm³/mol. The number of rotatable bonds is 3. The average Bonchev–Trinajstić information content (AvgIpc) is 3.22. The largest absolute Gasteiger partial charge is 0.325 e. The fraction of sp³-hybridized carbons (Fsp3) is 0.412. The third kappa shape index (κ3) is 2.28. The fourth-order valence-corrected chi connectivity index (χ4v) is 3.38. The maximum absolute atomic E-state index is 12.4. The van der Waals surface area contributed by atoms with Gasteiger partial charge >= 0.3 is 6.03 Å². The van der Waals surface area contributed by atoms with Gasteiger partial charge in [-0.3, -0.25) is 9.69 Å². The maximum Gasteiger partial charge on any atom is 0.325 e. The minimum absolute atomic E-state index is 0.102. The number of amides is 3. The molecule has 1 aliphatic heterocycles. The highest BCUT2D eigenvalue weighted by Gasteiger charge is 2.44. The summed E-state index contributed by atoms with van der Waals surface area (Å²) in [5.41, 5.74) is 2.76. The molecular weight excluding hydrogens is 306 g/mol. The number of hydrogen-bond donors (Lipinski definition) is 1. The molecule has 0 saturated carbocycles. The number of nitrogens with one attached hydrogen (secondary N) is 1. The summed E-state index contributed by atoms with van der Waals surface area (Å²) >= 11 is 0. The van der Waals surface area contributed by atoms with E-state index in [0.29, 0.717) is 5.82 Å². The first-order chi connectivity index (χ1) is 11.5. The Hall–Kier alpha value is -2.70. The number of imide groups is 1. The zero-order valence-corrected chi connectivity index (χ0v) is 13.7. The SMILES string of the molecule is CC1(C)NC(=O)N(Cc2ncnn2-c2ccc3c(c2)CCC3)C1=O. The van der Waals surface area contributed by atoms with Gasteiger partial charge in [0.25, 0.3) is 5.91 Å². The van der Waals surface area contributed by atoms with E-state index in [2.05, 4.69) is 27.5 Å². The van der Waals surface area contributed by atoms with Crippen LogP contribution >= 0.6 is 0 Å². The van der Waals surface area contributed by atoms with E-state index in [0.717, 1.165) is 18.5 Å². The lowest BCUT2D eigenvalue weighted by molar-refractivity contribution is -0.130. The van der Waals surface area contributed by atoms with Gasteiger partial charge in [-0.1, -0.05) is 6.07 Å². The van der Waals surface area contributed by atoms with E-state index in [4.69, 9.17) is 0 Å². The van der Waals surface area contributed by atoms with Gasteiger partial charge in [0, 0.05) is 0 Å². The molecule has 24 heavy (non-hydrogen) atoms. The van der Waals surface area contributed by atoms with Gasteiger partial charge in [0.1, 0.15) is 11.9 Å². The van der Waals surface area contributed by atoms with Crippen LogP contribution in [0.2, 0.25) is 0 Å². The fourth-order valence-electron chi connectivity index (χ4n) is 3.38. The number of hydrogen-bond acceptors (Lipinski definition) is 4. The normalized spacial score (nSPS) is 18.8. The molecular formula is C17H19N5O2. The standard InChI is InChI=1S/C17H19N5O2/c1-17(2)15(23)21(16(24)20-17)9-14-18-10-19-22(14)13-7-6-11-4-3-5-12(11)8-13/h6-8,10H,3-5,9H2,1-2H3,(H,20,24). The Morgan fingerprint density at radius 1 is 1.21 bits per heavy atom.